The van der Waals surface area contributed by atoms with Crippen molar-refractivity contribution < 1.29 is 13.5 Å². The number of hydrogen-bond acceptors (Lipinski definition) is 6. The molecule has 2 unspecified atom stereocenters. The fourth-order valence-corrected chi connectivity index (χ4v) is 4.48. The average Bonchev–Trinajstić information content (AvgIpc) is 3.11. The van der Waals surface area contributed by atoms with E-state index < -0.39 is 12.0 Å². The lowest BCUT2D eigenvalue weighted by Crippen LogP contribution is -2.46. The van der Waals surface area contributed by atoms with Crippen LogP contribution in [0.3, 0.4) is 0 Å². The first kappa shape index (κ1) is 18.6. The van der Waals surface area contributed by atoms with E-state index in [1.54, 1.807) is 19.0 Å². The highest BCUT2D eigenvalue weighted by Crippen LogP contribution is 2.43. The van der Waals surface area contributed by atoms with E-state index in [0.717, 1.165) is 12.8 Å². The molecule has 0 N–H and O–H groups in total. The Balaban J connectivity index is 1.67. The lowest BCUT2D eigenvalue weighted by atomic mass is 9.95. The number of alkyl halides is 1. The van der Waals surface area contributed by atoms with Gasteiger partial charge in [-0.05, 0) is 19.8 Å². The minimum absolute atomic E-state index is 0.0588. The van der Waals surface area contributed by atoms with Crippen LogP contribution < -0.4 is 9.64 Å². The van der Waals surface area contributed by atoms with Crippen LogP contribution in [0, 0.1) is 5.82 Å². The number of aromatic nitrogens is 3. The number of fused-ring (bicyclic) bond motifs is 2. The van der Waals surface area contributed by atoms with Crippen molar-refractivity contribution in [1.29, 1.82) is 0 Å². The summed E-state index contributed by atoms with van der Waals surface area (Å²) in [6, 6.07) is 0.384. The molecule has 0 radical (unpaired) electrons. The first-order valence-corrected chi connectivity index (χ1v) is 9.41. The van der Waals surface area contributed by atoms with Gasteiger partial charge in [-0.3, -0.25) is 4.90 Å². The smallest absolute Gasteiger partial charge is 0.319 e. The molecule has 4 heterocycles. The van der Waals surface area contributed by atoms with Crippen molar-refractivity contribution in [2.24, 2.45) is 0 Å². The van der Waals surface area contributed by atoms with Crippen LogP contribution in [0.5, 0.6) is 6.01 Å². The van der Waals surface area contributed by atoms with Gasteiger partial charge in [0, 0.05) is 39.3 Å². The Morgan fingerprint density at radius 1 is 1.41 bits per heavy atom. The molecule has 9 heteroatoms. The molecule has 2 saturated heterocycles. The molecule has 0 bridgehead atoms. The van der Waals surface area contributed by atoms with Gasteiger partial charge >= 0.3 is 6.01 Å². The molecular formula is C18H22ClF2N5O. The van der Waals surface area contributed by atoms with Crippen LogP contribution in [-0.2, 0) is 0 Å². The molecule has 6 nitrogen and oxygen atoms in total. The molecule has 0 aromatic carbocycles. The summed E-state index contributed by atoms with van der Waals surface area (Å²) in [5.41, 5.74) is -0.281. The minimum atomic E-state index is -0.853. The van der Waals surface area contributed by atoms with E-state index in [4.69, 9.17) is 16.3 Å². The van der Waals surface area contributed by atoms with E-state index in [0.29, 0.717) is 30.2 Å². The number of nitrogens with zero attached hydrogens (tertiary/aromatic N) is 5. The second-order valence-electron chi connectivity index (χ2n) is 7.70. The summed E-state index contributed by atoms with van der Waals surface area (Å²) in [4.78, 5) is 16.4. The molecule has 27 heavy (non-hydrogen) atoms. The quantitative estimate of drug-likeness (QED) is 0.738. The molecule has 3 atom stereocenters. The fraction of sp³-hybridized carbons (Fsp3) is 0.611. The van der Waals surface area contributed by atoms with Crippen LogP contribution in [0.25, 0.3) is 10.9 Å². The molecule has 4 rings (SSSR count). The summed E-state index contributed by atoms with van der Waals surface area (Å²) in [5, 5.41) is 0.204. The SMILES string of the molecule is CC1CCC2(COc3nc(N(C)C)c4cnc(Cl)c(F)c4n3)C[C@@H](F)CN12. The van der Waals surface area contributed by atoms with Crippen LogP contribution in [0.15, 0.2) is 6.20 Å². The van der Waals surface area contributed by atoms with Gasteiger partial charge in [0.2, 0.25) is 0 Å². The standard InChI is InChI=1S/C18H22ClF2N5O/c1-10-4-5-18(6-11(20)8-26(10)18)9-27-17-23-14-12(16(24-17)25(2)3)7-22-15(19)13(14)21/h7,10-11H,4-6,8-9H2,1-3H3/t10?,11-,18?/m1/s1. The van der Waals surface area contributed by atoms with Gasteiger partial charge in [-0.1, -0.05) is 11.6 Å². The number of halogens is 3. The van der Waals surface area contributed by atoms with Crippen molar-refractivity contribution >= 4 is 28.3 Å². The Labute approximate surface area is 161 Å². The zero-order valence-corrected chi connectivity index (χ0v) is 16.3. The van der Waals surface area contributed by atoms with Crippen LogP contribution in [-0.4, -0.2) is 64.9 Å². The summed E-state index contributed by atoms with van der Waals surface area (Å²) in [7, 11) is 3.59. The lowest BCUT2D eigenvalue weighted by Gasteiger charge is -2.33. The summed E-state index contributed by atoms with van der Waals surface area (Å²) >= 11 is 5.81. The molecule has 2 aromatic heterocycles. The van der Waals surface area contributed by atoms with Crippen molar-refractivity contribution in [2.45, 2.75) is 43.9 Å². The van der Waals surface area contributed by atoms with Gasteiger partial charge in [0.1, 0.15) is 24.1 Å². The molecule has 2 aromatic rings. The molecule has 2 fully saturated rings. The number of hydrogen-bond donors (Lipinski definition) is 0. The van der Waals surface area contributed by atoms with E-state index in [1.165, 1.54) is 6.20 Å². The third-order valence-corrected chi connectivity index (χ3v) is 5.92. The zero-order chi connectivity index (χ0) is 19.3. The maximum atomic E-state index is 14.5. The van der Waals surface area contributed by atoms with Gasteiger partial charge in [0.25, 0.3) is 0 Å². The van der Waals surface area contributed by atoms with Crippen molar-refractivity contribution in [1.82, 2.24) is 19.9 Å². The first-order valence-electron chi connectivity index (χ1n) is 9.03. The highest BCUT2D eigenvalue weighted by atomic mass is 35.5. The predicted molar refractivity (Wildman–Crippen MR) is 99.8 cm³/mol. The second-order valence-corrected chi connectivity index (χ2v) is 8.06. The van der Waals surface area contributed by atoms with Crippen molar-refractivity contribution in [3.8, 4) is 6.01 Å². The van der Waals surface area contributed by atoms with E-state index in [-0.39, 0.29) is 28.8 Å². The van der Waals surface area contributed by atoms with Gasteiger partial charge in [0.05, 0.1) is 10.9 Å². The molecule has 146 valence electrons. The molecule has 2 aliphatic heterocycles. The van der Waals surface area contributed by atoms with Crippen LogP contribution in [0.4, 0.5) is 14.6 Å². The number of ether oxygens (including phenoxy) is 1. The van der Waals surface area contributed by atoms with Crippen molar-refractivity contribution in [3.63, 3.8) is 0 Å². The highest BCUT2D eigenvalue weighted by Gasteiger charge is 2.52. The molecular weight excluding hydrogens is 376 g/mol. The highest BCUT2D eigenvalue weighted by molar-refractivity contribution is 6.30. The summed E-state index contributed by atoms with van der Waals surface area (Å²) < 4.78 is 34.4. The fourth-order valence-electron chi connectivity index (χ4n) is 4.35. The maximum absolute atomic E-state index is 14.5. The average molecular weight is 398 g/mol. The molecule has 0 amide bonds. The normalized spacial score (nSPS) is 27.9. The Bertz CT molecular complexity index is 882. The lowest BCUT2D eigenvalue weighted by molar-refractivity contribution is 0.0889. The summed E-state index contributed by atoms with van der Waals surface area (Å²) in [6.45, 7) is 2.82. The summed E-state index contributed by atoms with van der Waals surface area (Å²) in [6.07, 6.45) is 2.91. The first-order chi connectivity index (χ1) is 12.8. The second kappa shape index (κ2) is 6.67. The maximum Gasteiger partial charge on any atom is 0.319 e. The largest absolute Gasteiger partial charge is 0.461 e. The molecule has 2 aliphatic rings. The minimum Gasteiger partial charge on any atom is -0.461 e. The van der Waals surface area contributed by atoms with Gasteiger partial charge < -0.3 is 9.64 Å². The van der Waals surface area contributed by atoms with Gasteiger partial charge in [-0.2, -0.15) is 9.97 Å². The van der Waals surface area contributed by atoms with Crippen molar-refractivity contribution in [2.75, 3.05) is 32.1 Å². The van der Waals surface area contributed by atoms with E-state index in [2.05, 4.69) is 26.8 Å². The van der Waals surface area contributed by atoms with Gasteiger partial charge in [-0.15, -0.1) is 0 Å². The van der Waals surface area contributed by atoms with Crippen LogP contribution in [0.2, 0.25) is 5.15 Å². The molecule has 0 spiro atoms. The van der Waals surface area contributed by atoms with Crippen molar-refractivity contribution in [3.05, 3.63) is 17.2 Å². The third kappa shape index (κ3) is 3.08. The van der Waals surface area contributed by atoms with Gasteiger partial charge in [-0.25, -0.2) is 13.8 Å². The Hall–Kier alpha value is -1.80. The number of rotatable bonds is 4. The Morgan fingerprint density at radius 2 is 2.19 bits per heavy atom. The van der Waals surface area contributed by atoms with Gasteiger partial charge in [0.15, 0.2) is 11.0 Å². The topological polar surface area (TPSA) is 54.4 Å². The molecule has 0 aliphatic carbocycles. The van der Waals surface area contributed by atoms with Crippen LogP contribution >= 0.6 is 11.6 Å². The van der Waals surface area contributed by atoms with Crippen LogP contribution in [0.1, 0.15) is 26.2 Å². The summed E-state index contributed by atoms with van der Waals surface area (Å²) in [5.74, 6) is -0.217. The predicted octanol–water partition coefficient (Wildman–Crippen LogP) is 3.23. The monoisotopic (exact) mass is 397 g/mol. The third-order valence-electron chi connectivity index (χ3n) is 5.66. The van der Waals surface area contributed by atoms with E-state index in [9.17, 15) is 8.78 Å². The number of anilines is 1. The molecule has 0 saturated carbocycles. The number of pyridine rings is 1. The van der Waals surface area contributed by atoms with E-state index >= 15 is 0 Å². The Kier molecular flexibility index (Phi) is 4.58. The Morgan fingerprint density at radius 3 is 2.93 bits per heavy atom. The van der Waals surface area contributed by atoms with E-state index in [1.807, 2.05) is 0 Å². The zero-order valence-electron chi connectivity index (χ0n) is 15.5.